The maximum absolute atomic E-state index is 13.6. The number of benzene rings is 1. The molecule has 208 valence electrons. The molecule has 2 atom stereocenters. The Morgan fingerprint density at radius 2 is 1.72 bits per heavy atom. The summed E-state index contributed by atoms with van der Waals surface area (Å²) in [6, 6.07) is 3.60. The molecule has 1 aliphatic heterocycles. The molecule has 0 saturated carbocycles. The third-order valence-corrected chi connectivity index (χ3v) is 8.24. The van der Waals surface area contributed by atoms with E-state index in [1.54, 1.807) is 6.92 Å². The molecular weight excluding hydrogens is 552 g/mol. The maximum Gasteiger partial charge on any atom is 0.451 e. The van der Waals surface area contributed by atoms with Crippen molar-refractivity contribution in [2.75, 3.05) is 0 Å². The normalized spacial score (nSPS) is 18.5. The molecule has 15 heteroatoms. The highest BCUT2D eigenvalue weighted by Crippen LogP contribution is 2.32. The van der Waals surface area contributed by atoms with Crippen molar-refractivity contribution < 1.29 is 39.6 Å². The topological polar surface area (TPSA) is 105 Å². The van der Waals surface area contributed by atoms with Crippen molar-refractivity contribution in [1.29, 1.82) is 0 Å². The minimum atomic E-state index is -4.77. The second-order valence-corrected chi connectivity index (χ2v) is 10.7. The molecule has 1 saturated heterocycles. The maximum atomic E-state index is 13.6. The molecule has 0 spiro atoms. The van der Waals surface area contributed by atoms with Crippen molar-refractivity contribution in [3.05, 3.63) is 71.7 Å². The summed E-state index contributed by atoms with van der Waals surface area (Å²) in [5.74, 6) is -2.75. The van der Waals surface area contributed by atoms with Gasteiger partial charge < -0.3 is 5.32 Å². The van der Waals surface area contributed by atoms with Gasteiger partial charge in [-0.3, -0.25) is 9.78 Å². The number of carbonyl (C=O) groups is 1. The van der Waals surface area contributed by atoms with Gasteiger partial charge in [0.2, 0.25) is 21.8 Å². The number of hydrogen-bond acceptors (Lipinski definition) is 6. The van der Waals surface area contributed by atoms with Crippen molar-refractivity contribution in [2.45, 2.75) is 55.9 Å². The van der Waals surface area contributed by atoms with Gasteiger partial charge in [0.05, 0.1) is 10.6 Å². The van der Waals surface area contributed by atoms with E-state index in [9.17, 15) is 39.6 Å². The van der Waals surface area contributed by atoms with Crippen molar-refractivity contribution in [3.63, 3.8) is 0 Å². The van der Waals surface area contributed by atoms with E-state index in [2.05, 4.69) is 20.3 Å². The molecule has 39 heavy (non-hydrogen) atoms. The summed E-state index contributed by atoms with van der Waals surface area (Å²) >= 11 is 0. The number of pyridine rings is 1. The standard InChI is InChI=1S/C24H21F6N5O3S/c1-13-2-7-20(35(13)39(37,38)17-5-3-16(25)4-6-17)22(36)32-9-14-8-19(31-12-18(14)21(26)27)15-10-33-23(34-11-15)24(28,29)30/h3-6,8,10-13,20-21H,2,7,9H2,1H3,(H,32,36)/t13-,20-/m0/s1. The third-order valence-electron chi connectivity index (χ3n) is 6.20. The zero-order valence-electron chi connectivity index (χ0n) is 20.2. The lowest BCUT2D eigenvalue weighted by molar-refractivity contribution is -0.145. The molecule has 0 aliphatic carbocycles. The van der Waals surface area contributed by atoms with Crippen LogP contribution < -0.4 is 5.32 Å². The summed E-state index contributed by atoms with van der Waals surface area (Å²) in [5.41, 5.74) is -0.588. The van der Waals surface area contributed by atoms with Crippen LogP contribution in [0, 0.1) is 5.82 Å². The Balaban J connectivity index is 1.56. The molecule has 3 aromatic rings. The summed E-state index contributed by atoms with van der Waals surface area (Å²) in [6.07, 6.45) is -4.70. The Morgan fingerprint density at radius 1 is 1.08 bits per heavy atom. The molecule has 1 amide bonds. The Labute approximate surface area is 219 Å². The molecular formula is C24H21F6N5O3S. The second-order valence-electron chi connectivity index (χ2n) is 8.81. The zero-order valence-corrected chi connectivity index (χ0v) is 21.0. The minimum absolute atomic E-state index is 0.00706. The first kappa shape index (κ1) is 28.4. The van der Waals surface area contributed by atoms with Crippen LogP contribution in [0.1, 0.15) is 43.1 Å². The predicted molar refractivity (Wildman–Crippen MR) is 125 cm³/mol. The molecule has 0 radical (unpaired) electrons. The summed E-state index contributed by atoms with van der Waals surface area (Å²) in [7, 11) is -4.18. The van der Waals surface area contributed by atoms with Crippen LogP contribution in [0.5, 0.6) is 0 Å². The van der Waals surface area contributed by atoms with Gasteiger partial charge in [0.15, 0.2) is 0 Å². The van der Waals surface area contributed by atoms with E-state index in [4.69, 9.17) is 0 Å². The van der Waals surface area contributed by atoms with Gasteiger partial charge in [0.1, 0.15) is 11.9 Å². The van der Waals surface area contributed by atoms with Gasteiger partial charge in [0.25, 0.3) is 6.43 Å². The van der Waals surface area contributed by atoms with Crippen LogP contribution in [0.25, 0.3) is 11.3 Å². The summed E-state index contributed by atoms with van der Waals surface area (Å²) < 4.78 is 106. The van der Waals surface area contributed by atoms with E-state index >= 15 is 0 Å². The largest absolute Gasteiger partial charge is 0.451 e. The lowest BCUT2D eigenvalue weighted by Crippen LogP contribution is -2.48. The van der Waals surface area contributed by atoms with Crippen molar-refractivity contribution in [2.24, 2.45) is 0 Å². The fourth-order valence-electron chi connectivity index (χ4n) is 4.26. The number of nitrogens with one attached hydrogen (secondary N) is 1. The number of halogens is 6. The van der Waals surface area contributed by atoms with Crippen LogP contribution in [0.4, 0.5) is 26.3 Å². The third kappa shape index (κ3) is 6.03. The van der Waals surface area contributed by atoms with E-state index in [1.807, 2.05) is 0 Å². The molecule has 1 fully saturated rings. The van der Waals surface area contributed by atoms with Gasteiger partial charge in [-0.2, -0.15) is 17.5 Å². The Hall–Kier alpha value is -3.59. The molecule has 1 N–H and O–H groups in total. The Bertz CT molecular complexity index is 1450. The molecule has 0 unspecified atom stereocenters. The van der Waals surface area contributed by atoms with Crippen LogP contribution >= 0.6 is 0 Å². The molecule has 8 nitrogen and oxygen atoms in total. The van der Waals surface area contributed by atoms with Gasteiger partial charge in [-0.1, -0.05) is 0 Å². The number of sulfonamides is 1. The van der Waals surface area contributed by atoms with Crippen molar-refractivity contribution in [3.8, 4) is 11.3 Å². The molecule has 2 aromatic heterocycles. The van der Waals surface area contributed by atoms with Crippen LogP contribution in [0.2, 0.25) is 0 Å². The van der Waals surface area contributed by atoms with E-state index in [0.29, 0.717) is 6.42 Å². The first-order chi connectivity index (χ1) is 18.3. The number of alkyl halides is 5. The number of carbonyl (C=O) groups excluding carboxylic acids is 1. The van der Waals surface area contributed by atoms with Crippen LogP contribution in [-0.2, 0) is 27.5 Å². The SMILES string of the molecule is C[C@H]1CC[C@@H](C(=O)NCc2cc(-c3cnc(C(F)(F)F)nc3)ncc2C(F)F)N1S(=O)(=O)c1ccc(F)cc1. The number of nitrogens with zero attached hydrogens (tertiary/aromatic N) is 4. The quantitative estimate of drug-likeness (QED) is 0.418. The monoisotopic (exact) mass is 573 g/mol. The summed E-state index contributed by atoms with van der Waals surface area (Å²) in [6.45, 7) is 1.18. The Kier molecular flexibility index (Phi) is 7.93. The highest BCUT2D eigenvalue weighted by Gasteiger charge is 2.43. The first-order valence-corrected chi connectivity index (χ1v) is 13.0. The summed E-state index contributed by atoms with van der Waals surface area (Å²) in [4.78, 5) is 23.2. The number of rotatable bonds is 7. The lowest BCUT2D eigenvalue weighted by Gasteiger charge is -2.27. The molecule has 1 aromatic carbocycles. The van der Waals surface area contributed by atoms with E-state index < -0.39 is 64.4 Å². The molecule has 3 heterocycles. The number of amides is 1. The number of hydrogen-bond donors (Lipinski definition) is 1. The first-order valence-electron chi connectivity index (χ1n) is 11.5. The second kappa shape index (κ2) is 10.9. The van der Waals surface area contributed by atoms with Gasteiger partial charge in [0, 0.05) is 42.3 Å². The fraction of sp³-hybridized carbons (Fsp3) is 0.333. The number of aromatic nitrogens is 3. The average Bonchev–Trinajstić information content (AvgIpc) is 3.29. The minimum Gasteiger partial charge on any atom is -0.351 e. The predicted octanol–water partition coefficient (Wildman–Crippen LogP) is 4.49. The van der Waals surface area contributed by atoms with Gasteiger partial charge in [-0.25, -0.2) is 31.6 Å². The molecule has 0 bridgehead atoms. The fourth-order valence-corrected chi connectivity index (χ4v) is 6.10. The summed E-state index contributed by atoms with van der Waals surface area (Å²) in [5, 5.41) is 2.48. The van der Waals surface area contributed by atoms with Gasteiger partial charge in [-0.05, 0) is 55.7 Å². The van der Waals surface area contributed by atoms with Crippen LogP contribution in [-0.4, -0.2) is 45.7 Å². The molecule has 4 rings (SSSR count). The highest BCUT2D eigenvalue weighted by molar-refractivity contribution is 7.89. The van der Waals surface area contributed by atoms with Gasteiger partial charge >= 0.3 is 6.18 Å². The van der Waals surface area contributed by atoms with Crippen LogP contribution in [0.3, 0.4) is 0 Å². The average molecular weight is 574 g/mol. The Morgan fingerprint density at radius 3 is 2.31 bits per heavy atom. The van der Waals surface area contributed by atoms with E-state index in [1.165, 1.54) is 0 Å². The van der Waals surface area contributed by atoms with Crippen molar-refractivity contribution in [1.82, 2.24) is 24.6 Å². The van der Waals surface area contributed by atoms with E-state index in [0.717, 1.165) is 53.2 Å². The van der Waals surface area contributed by atoms with Gasteiger partial charge in [-0.15, -0.1) is 0 Å². The van der Waals surface area contributed by atoms with Crippen molar-refractivity contribution >= 4 is 15.9 Å². The zero-order chi connectivity index (χ0) is 28.5. The smallest absolute Gasteiger partial charge is 0.351 e. The van der Waals surface area contributed by atoms with Crippen LogP contribution in [0.15, 0.2) is 53.8 Å². The van der Waals surface area contributed by atoms with E-state index in [-0.39, 0.29) is 28.1 Å². The lowest BCUT2D eigenvalue weighted by atomic mass is 10.1. The molecule has 1 aliphatic rings. The highest BCUT2D eigenvalue weighted by atomic mass is 32.2.